The van der Waals surface area contributed by atoms with E-state index in [4.69, 9.17) is 4.74 Å². The first-order chi connectivity index (χ1) is 12.6. The Morgan fingerprint density at radius 3 is 2.25 bits per heavy atom. The molecule has 0 radical (unpaired) electrons. The van der Waals surface area contributed by atoms with Crippen LogP contribution in [-0.2, 0) is 24.8 Å². The Bertz CT molecular complexity index is 751. The van der Waals surface area contributed by atoms with Gasteiger partial charge in [0, 0.05) is 31.1 Å². The summed E-state index contributed by atoms with van der Waals surface area (Å²) in [7, 11) is 1.78. The fraction of sp³-hybridized carbons (Fsp3) is 0.762. The molecule has 1 N–H and O–H groups in total. The van der Waals surface area contributed by atoms with Gasteiger partial charge in [0.1, 0.15) is 11.3 Å². The topological polar surface area (TPSA) is 76.5 Å². The number of ether oxygens (including phenoxy) is 1. The summed E-state index contributed by atoms with van der Waals surface area (Å²) in [4.78, 5) is 27.2. The molecular formula is C21H36N4O3. The number of rotatable bonds is 3. The van der Waals surface area contributed by atoms with E-state index in [1.807, 2.05) is 34.6 Å². The quantitative estimate of drug-likeness (QED) is 0.852. The first kappa shape index (κ1) is 22.2. The molecule has 0 atom stereocenters. The van der Waals surface area contributed by atoms with Crippen LogP contribution in [0.25, 0.3) is 0 Å². The van der Waals surface area contributed by atoms with Gasteiger partial charge in [0.15, 0.2) is 0 Å². The van der Waals surface area contributed by atoms with Crippen molar-refractivity contribution < 1.29 is 14.3 Å². The van der Waals surface area contributed by atoms with Crippen molar-refractivity contribution in [2.24, 2.45) is 12.5 Å². The zero-order valence-electron chi connectivity index (χ0n) is 18.9. The van der Waals surface area contributed by atoms with Gasteiger partial charge in [-0.25, -0.2) is 4.79 Å². The molecule has 0 bridgehead atoms. The minimum absolute atomic E-state index is 0.0934. The molecule has 2 amide bonds. The number of aromatic nitrogens is 2. The summed E-state index contributed by atoms with van der Waals surface area (Å²) in [6.07, 6.45) is 1.10. The summed E-state index contributed by atoms with van der Waals surface area (Å²) >= 11 is 0. The highest BCUT2D eigenvalue weighted by Crippen LogP contribution is 2.28. The fourth-order valence-corrected chi connectivity index (χ4v) is 4.00. The molecule has 2 heterocycles. The van der Waals surface area contributed by atoms with Crippen LogP contribution in [0.15, 0.2) is 0 Å². The van der Waals surface area contributed by atoms with E-state index >= 15 is 0 Å². The lowest BCUT2D eigenvalue weighted by Gasteiger charge is -2.33. The van der Waals surface area contributed by atoms with Gasteiger partial charge in [-0.3, -0.25) is 9.48 Å². The molecule has 7 heteroatoms. The van der Waals surface area contributed by atoms with Crippen LogP contribution >= 0.6 is 0 Å². The van der Waals surface area contributed by atoms with Gasteiger partial charge in [0.05, 0.1) is 12.2 Å². The number of aryl methyl sites for hydroxylation is 1. The molecule has 1 aromatic rings. The van der Waals surface area contributed by atoms with Crippen LogP contribution in [-0.4, -0.2) is 44.4 Å². The first-order valence-electron chi connectivity index (χ1n) is 9.93. The second-order valence-electron chi connectivity index (χ2n) is 10.6. The van der Waals surface area contributed by atoms with Crippen molar-refractivity contribution in [2.75, 3.05) is 6.54 Å². The number of nitrogens with one attached hydrogen (secondary N) is 1. The molecule has 0 aliphatic carbocycles. The number of fused-ring (bicyclic) bond motifs is 1. The molecule has 1 aliphatic rings. The van der Waals surface area contributed by atoms with Crippen molar-refractivity contribution in [3.05, 3.63) is 17.0 Å². The monoisotopic (exact) mass is 392 g/mol. The summed E-state index contributed by atoms with van der Waals surface area (Å²) < 4.78 is 7.12. The zero-order chi connectivity index (χ0) is 21.5. The Hall–Kier alpha value is -2.05. The predicted octanol–water partition coefficient (Wildman–Crippen LogP) is 3.66. The molecule has 2 rings (SSSR count). The average Bonchev–Trinajstić information content (AvgIpc) is 2.76. The summed E-state index contributed by atoms with van der Waals surface area (Å²) in [6, 6.07) is 0. The Kier molecular flexibility index (Phi) is 5.89. The van der Waals surface area contributed by atoms with E-state index in [2.05, 4.69) is 31.2 Å². The maximum atomic E-state index is 13.1. The van der Waals surface area contributed by atoms with E-state index in [9.17, 15) is 9.59 Å². The molecule has 0 aromatic carbocycles. The molecule has 0 spiro atoms. The van der Waals surface area contributed by atoms with Gasteiger partial charge in [-0.15, -0.1) is 0 Å². The molecule has 7 nitrogen and oxygen atoms in total. The molecule has 28 heavy (non-hydrogen) atoms. The fourth-order valence-electron chi connectivity index (χ4n) is 4.00. The second kappa shape index (κ2) is 7.41. The SMILES string of the molecule is Cn1nc2c(c1C(=O)NC(C)(C)CC(C)(C)C)CN(C(=O)OC(C)(C)C)CC2. The number of carbonyl (C=O) groups excluding carboxylic acids is 2. The highest BCUT2D eigenvalue weighted by Gasteiger charge is 2.34. The smallest absolute Gasteiger partial charge is 0.410 e. The molecule has 0 fully saturated rings. The van der Waals surface area contributed by atoms with Crippen LogP contribution in [0.4, 0.5) is 4.79 Å². The molecule has 0 saturated carbocycles. The van der Waals surface area contributed by atoms with Gasteiger partial charge in [-0.05, 0) is 46.5 Å². The van der Waals surface area contributed by atoms with Crippen LogP contribution in [0.5, 0.6) is 0 Å². The highest BCUT2D eigenvalue weighted by molar-refractivity contribution is 5.95. The van der Waals surface area contributed by atoms with Crippen LogP contribution in [0, 0.1) is 5.41 Å². The Labute approximate surface area is 168 Å². The lowest BCUT2D eigenvalue weighted by molar-refractivity contribution is 0.0222. The average molecular weight is 393 g/mol. The largest absolute Gasteiger partial charge is 0.444 e. The van der Waals surface area contributed by atoms with Gasteiger partial charge >= 0.3 is 6.09 Å². The zero-order valence-corrected chi connectivity index (χ0v) is 18.9. The van der Waals surface area contributed by atoms with Gasteiger partial charge in [0.25, 0.3) is 5.91 Å². The standard InChI is InChI=1S/C21H36N4O3/c1-19(2,3)13-21(7,8)22-17(26)16-14-12-25(18(27)28-20(4,5)6)11-10-15(14)23-24(16)9/h10-13H2,1-9H3,(H,22,26). The van der Waals surface area contributed by atoms with Gasteiger partial charge in [0.2, 0.25) is 0 Å². The maximum absolute atomic E-state index is 13.1. The van der Waals surface area contributed by atoms with E-state index in [-0.39, 0.29) is 23.0 Å². The van der Waals surface area contributed by atoms with E-state index in [0.29, 0.717) is 25.2 Å². The summed E-state index contributed by atoms with van der Waals surface area (Å²) in [5.41, 5.74) is 1.39. The number of hydrogen-bond donors (Lipinski definition) is 1. The van der Waals surface area contributed by atoms with Crippen molar-refractivity contribution in [2.45, 2.75) is 85.9 Å². The van der Waals surface area contributed by atoms with E-state index in [0.717, 1.165) is 17.7 Å². The van der Waals surface area contributed by atoms with Crippen molar-refractivity contribution in [1.29, 1.82) is 0 Å². The van der Waals surface area contributed by atoms with E-state index in [1.54, 1.807) is 16.6 Å². The summed E-state index contributed by atoms with van der Waals surface area (Å²) in [6.45, 7) is 17.0. The van der Waals surface area contributed by atoms with Gasteiger partial charge < -0.3 is 15.0 Å². The Morgan fingerprint density at radius 1 is 1.11 bits per heavy atom. The van der Waals surface area contributed by atoms with Crippen molar-refractivity contribution >= 4 is 12.0 Å². The third-order valence-corrected chi connectivity index (χ3v) is 4.49. The molecule has 1 aliphatic heterocycles. The van der Waals surface area contributed by atoms with Crippen molar-refractivity contribution in [3.63, 3.8) is 0 Å². The Balaban J connectivity index is 2.22. The molecule has 0 unspecified atom stereocenters. The molecule has 0 saturated heterocycles. The number of amides is 2. The molecule has 158 valence electrons. The normalized spacial score (nSPS) is 15.2. The summed E-state index contributed by atoms with van der Waals surface area (Å²) in [5.74, 6) is -0.156. The predicted molar refractivity (Wildman–Crippen MR) is 109 cm³/mol. The van der Waals surface area contributed by atoms with E-state index in [1.165, 1.54) is 0 Å². The first-order valence-corrected chi connectivity index (χ1v) is 9.93. The Morgan fingerprint density at radius 2 is 1.71 bits per heavy atom. The maximum Gasteiger partial charge on any atom is 0.410 e. The lowest BCUT2D eigenvalue weighted by atomic mass is 9.81. The summed E-state index contributed by atoms with van der Waals surface area (Å²) in [5, 5.41) is 7.68. The van der Waals surface area contributed by atoms with Crippen LogP contribution < -0.4 is 5.32 Å². The lowest BCUT2D eigenvalue weighted by Crippen LogP contribution is -2.47. The van der Waals surface area contributed by atoms with Crippen molar-refractivity contribution in [3.8, 4) is 0 Å². The third kappa shape index (κ3) is 5.72. The number of nitrogens with zero attached hydrogens (tertiary/aromatic N) is 3. The van der Waals surface area contributed by atoms with Crippen LogP contribution in [0.1, 0.15) is 83.6 Å². The minimum Gasteiger partial charge on any atom is -0.444 e. The molecular weight excluding hydrogens is 356 g/mol. The highest BCUT2D eigenvalue weighted by atomic mass is 16.6. The van der Waals surface area contributed by atoms with Gasteiger partial charge in [-0.2, -0.15) is 5.10 Å². The molecule has 1 aromatic heterocycles. The second-order valence-corrected chi connectivity index (χ2v) is 10.6. The number of hydrogen-bond acceptors (Lipinski definition) is 4. The van der Waals surface area contributed by atoms with Crippen LogP contribution in [0.2, 0.25) is 0 Å². The van der Waals surface area contributed by atoms with Crippen LogP contribution in [0.3, 0.4) is 0 Å². The number of carbonyl (C=O) groups is 2. The van der Waals surface area contributed by atoms with Crippen molar-refractivity contribution in [1.82, 2.24) is 20.0 Å². The van der Waals surface area contributed by atoms with Gasteiger partial charge in [-0.1, -0.05) is 20.8 Å². The minimum atomic E-state index is -0.552. The van der Waals surface area contributed by atoms with E-state index < -0.39 is 5.60 Å². The third-order valence-electron chi connectivity index (χ3n) is 4.49.